The largest absolute Gasteiger partial charge is 0.743 e. The molecule has 0 bridgehead atoms. The Kier molecular flexibility index (Phi) is 14.0. The van der Waals surface area contributed by atoms with Crippen molar-refractivity contribution in [1.82, 2.24) is 0 Å². The second kappa shape index (κ2) is 19.1. The number of benzene rings is 5. The number of nitrogens with zero attached hydrogens (tertiary/aromatic N) is 2. The fourth-order valence-electron chi connectivity index (χ4n) is 8.62. The van der Waals surface area contributed by atoms with Crippen molar-refractivity contribution in [2.45, 2.75) is 72.9 Å². The molecule has 2 aliphatic rings. The third kappa shape index (κ3) is 9.60. The van der Waals surface area contributed by atoms with Gasteiger partial charge in [-0.25, -0.2) is 13.2 Å². The number of carboxylic acid groups (broad SMARTS) is 1. The highest BCUT2D eigenvalue weighted by Crippen LogP contribution is 2.61. The lowest BCUT2D eigenvalue weighted by atomic mass is 9.95. The minimum atomic E-state index is -8.29. The van der Waals surface area contributed by atoms with Crippen molar-refractivity contribution in [3.05, 3.63) is 173 Å². The van der Waals surface area contributed by atoms with Crippen molar-refractivity contribution in [2.24, 2.45) is 0 Å². The van der Waals surface area contributed by atoms with Crippen LogP contribution in [-0.4, -0.2) is 65.2 Å². The quantitative estimate of drug-likeness (QED) is 0.0535. The molecule has 6 aromatic rings. The van der Waals surface area contributed by atoms with E-state index in [-0.39, 0.29) is 6.54 Å². The minimum absolute atomic E-state index is 0.0593. The summed E-state index contributed by atoms with van der Waals surface area (Å²) in [6.45, 7) is -0.0593. The van der Waals surface area contributed by atoms with Crippen LogP contribution in [0.3, 0.4) is 0 Å². The molecule has 0 saturated heterocycles. The predicted octanol–water partition coefficient (Wildman–Crippen LogP) is 13.0. The number of anilines is 2. The van der Waals surface area contributed by atoms with Crippen molar-refractivity contribution in [3.8, 4) is 0 Å². The predicted molar refractivity (Wildman–Crippen MR) is 236 cm³/mol. The van der Waals surface area contributed by atoms with E-state index in [0.29, 0.717) is 12.0 Å². The summed E-state index contributed by atoms with van der Waals surface area (Å²) < 4.78 is 191. The molecule has 1 aliphatic heterocycles. The fraction of sp³-hybridized carbons (Fsp3) is 0.240. The Hall–Kier alpha value is -6.74. The smallest absolute Gasteiger partial charge is 0.460 e. The molecule has 1 saturated carbocycles. The summed E-state index contributed by atoms with van der Waals surface area (Å²) in [6.07, 6.45) is 4.55. The standard InChI is InChI=1S/C44H36N2O2.C6HF13O3S/c47-44(48)30-45-27-26-35(37-14-7-8-16-41(37)45)22-18-31-21-25-43-40(29-31)38-15-9-17-42(38)46(43)36-23-19-32(20-24-36)28-39(33-10-3-1-4-11-33)34-12-5-2-6-13-34;7-1(8,3(11,12)5(15,16)17)2(9,10)4(13,14)6(18,19)23(20,21)22/h1-8,10-14,16,18-29,38,42H,9,15,17,30H2;(H,20,21,22). The molecule has 374 valence electrons. The van der Waals surface area contributed by atoms with Crippen molar-refractivity contribution in [2.75, 3.05) is 4.90 Å². The number of carboxylic acids is 1. The number of hydrogen-bond acceptors (Lipinski definition) is 5. The molecule has 2 heterocycles. The highest BCUT2D eigenvalue weighted by atomic mass is 32.2. The van der Waals surface area contributed by atoms with Gasteiger partial charge in [0.1, 0.15) is 0 Å². The van der Waals surface area contributed by atoms with E-state index in [2.05, 4.69) is 132 Å². The molecule has 1 N–H and O–H groups in total. The number of alkyl halides is 13. The maximum absolute atomic E-state index is 12.7. The van der Waals surface area contributed by atoms with Gasteiger partial charge < -0.3 is 14.6 Å². The van der Waals surface area contributed by atoms with Gasteiger partial charge in [-0.1, -0.05) is 110 Å². The zero-order valence-electron chi connectivity index (χ0n) is 36.3. The van der Waals surface area contributed by atoms with E-state index >= 15 is 0 Å². The van der Waals surface area contributed by atoms with Gasteiger partial charge in [0.15, 0.2) is 16.3 Å². The van der Waals surface area contributed by atoms with E-state index in [4.69, 9.17) is 0 Å². The summed E-state index contributed by atoms with van der Waals surface area (Å²) in [4.78, 5) is 14.0. The summed E-state index contributed by atoms with van der Waals surface area (Å²) in [5.41, 5.74) is 12.0. The van der Waals surface area contributed by atoms with Crippen LogP contribution in [0, 0.1) is 0 Å². The summed E-state index contributed by atoms with van der Waals surface area (Å²) >= 11 is 0. The first-order valence-corrected chi connectivity index (χ1v) is 22.6. The van der Waals surface area contributed by atoms with Gasteiger partial charge in [0.25, 0.3) is 0 Å². The van der Waals surface area contributed by atoms with Crippen LogP contribution in [0.4, 0.5) is 68.5 Å². The molecule has 1 aromatic heterocycles. The lowest BCUT2D eigenvalue weighted by Gasteiger charge is -2.39. The summed E-state index contributed by atoms with van der Waals surface area (Å²) in [5.74, 6) is -32.9. The SMILES string of the molecule is O=C(O)C[n+]1ccc(C=Cc2ccc3c(c2)C2CCCC2N3c2ccc(C=C(c3ccccc3)c3ccccc3)cc2)c2ccccc21.O=S(=O)([O-])C(F)(F)C(F)(F)C(F)(F)C(F)(F)C(F)(F)C(F)(F)F. The van der Waals surface area contributed by atoms with Gasteiger partial charge in [0.05, 0.1) is 5.39 Å². The molecule has 0 spiro atoms. The fourth-order valence-corrected chi connectivity index (χ4v) is 9.06. The van der Waals surface area contributed by atoms with Crippen molar-refractivity contribution in [3.63, 3.8) is 0 Å². The number of carbonyl (C=O) groups is 1. The maximum Gasteiger partial charge on any atom is 0.460 e. The van der Waals surface area contributed by atoms with Gasteiger partial charge in [-0.3, -0.25) is 0 Å². The van der Waals surface area contributed by atoms with Crippen LogP contribution in [0.5, 0.6) is 0 Å². The van der Waals surface area contributed by atoms with Gasteiger partial charge in [-0.05, 0) is 88.2 Å². The molecule has 1 aliphatic carbocycles. The molecule has 5 aromatic carbocycles. The van der Waals surface area contributed by atoms with E-state index in [1.165, 1.54) is 64.0 Å². The topological polar surface area (TPSA) is 102 Å². The van der Waals surface area contributed by atoms with Crippen molar-refractivity contribution < 1.29 is 84.5 Å². The van der Waals surface area contributed by atoms with Crippen LogP contribution in [-0.2, 0) is 21.5 Å². The van der Waals surface area contributed by atoms with E-state index < -0.39 is 51.2 Å². The molecule has 2 atom stereocenters. The Morgan fingerprint density at radius 1 is 0.662 bits per heavy atom. The average molecular weight is 1020 g/mol. The summed E-state index contributed by atoms with van der Waals surface area (Å²) in [6, 6.07) is 47.7. The molecule has 2 unspecified atom stereocenters. The van der Waals surface area contributed by atoms with Crippen molar-refractivity contribution >= 4 is 62.2 Å². The molecule has 0 radical (unpaired) electrons. The highest BCUT2D eigenvalue weighted by Gasteiger charge is 2.91. The van der Waals surface area contributed by atoms with Gasteiger partial charge >= 0.3 is 41.1 Å². The van der Waals surface area contributed by atoms with E-state index in [1.54, 1.807) is 4.57 Å². The molecule has 0 amide bonds. The number of aromatic nitrogens is 1. The number of hydrogen-bond donors (Lipinski definition) is 1. The molecular weight excluding hydrogens is 988 g/mol. The lowest BCUT2D eigenvalue weighted by Crippen LogP contribution is -2.71. The zero-order valence-corrected chi connectivity index (χ0v) is 37.1. The van der Waals surface area contributed by atoms with Crippen LogP contribution >= 0.6 is 0 Å². The zero-order chi connectivity index (χ0) is 52.0. The Morgan fingerprint density at radius 3 is 1.77 bits per heavy atom. The molecule has 7 nitrogen and oxygen atoms in total. The molecule has 1 fully saturated rings. The highest BCUT2D eigenvalue weighted by molar-refractivity contribution is 7.86. The van der Waals surface area contributed by atoms with Gasteiger partial charge in [0, 0.05) is 35.5 Å². The van der Waals surface area contributed by atoms with Gasteiger partial charge in [0.2, 0.25) is 12.1 Å². The average Bonchev–Trinajstić information content (AvgIpc) is 3.92. The maximum atomic E-state index is 12.7. The Labute approximate surface area is 396 Å². The summed E-state index contributed by atoms with van der Waals surface area (Å²) in [5, 5.41) is 2.77. The van der Waals surface area contributed by atoms with E-state index in [1.807, 2.05) is 30.5 Å². The third-order valence-corrected chi connectivity index (χ3v) is 13.0. The molecule has 8 rings (SSSR count). The van der Waals surface area contributed by atoms with Gasteiger partial charge in [-0.15, -0.1) is 0 Å². The Bertz CT molecular complexity index is 3050. The summed E-state index contributed by atoms with van der Waals surface area (Å²) in [7, 11) is -7.86. The first kappa shape index (κ1) is 52.1. The number of rotatable bonds is 13. The second-order valence-electron chi connectivity index (χ2n) is 16.6. The number of halogens is 13. The van der Waals surface area contributed by atoms with E-state index in [9.17, 15) is 79.9 Å². The normalized spacial score (nSPS) is 16.6. The van der Waals surface area contributed by atoms with Crippen LogP contribution < -0.4 is 9.47 Å². The monoisotopic (exact) mass is 1020 g/mol. The third-order valence-electron chi connectivity index (χ3n) is 12.1. The molecule has 21 heteroatoms. The number of aliphatic carboxylic acids is 1. The van der Waals surface area contributed by atoms with Crippen molar-refractivity contribution in [1.29, 1.82) is 0 Å². The molecular formula is C50H37F13N2O5S. The van der Waals surface area contributed by atoms with Gasteiger partial charge in [-0.2, -0.15) is 61.6 Å². The number of pyridine rings is 1. The van der Waals surface area contributed by atoms with Crippen LogP contribution in [0.15, 0.2) is 140 Å². The first-order chi connectivity index (χ1) is 33.1. The molecule has 71 heavy (non-hydrogen) atoms. The Morgan fingerprint density at radius 2 is 1.21 bits per heavy atom. The second-order valence-corrected chi connectivity index (χ2v) is 18.0. The van der Waals surface area contributed by atoms with E-state index in [0.717, 1.165) is 16.5 Å². The minimum Gasteiger partial charge on any atom is -0.743 e. The van der Waals surface area contributed by atoms with Crippen LogP contribution in [0.1, 0.15) is 58.6 Å². The lowest BCUT2D eigenvalue weighted by molar-refractivity contribution is -0.660. The van der Waals surface area contributed by atoms with Crippen LogP contribution in [0.2, 0.25) is 0 Å². The number of fused-ring (bicyclic) bond motifs is 4. The Balaban J connectivity index is 0.000000274. The first-order valence-electron chi connectivity index (χ1n) is 21.2. The van der Waals surface area contributed by atoms with Crippen LogP contribution in [0.25, 0.3) is 34.7 Å². The number of para-hydroxylation sites is 1.